The van der Waals surface area contributed by atoms with Crippen molar-refractivity contribution in [2.45, 2.75) is 39.3 Å². The third kappa shape index (κ3) is 3.85. The zero-order chi connectivity index (χ0) is 15.5. The Morgan fingerprint density at radius 2 is 2.32 bits per heavy atom. The average molecular weight is 316 g/mol. The first kappa shape index (κ1) is 15.0. The number of aryl methyl sites for hydroxylation is 1. The van der Waals surface area contributed by atoms with Crippen LogP contribution in [0.15, 0.2) is 29.6 Å². The second kappa shape index (κ2) is 6.48. The van der Waals surface area contributed by atoms with Gasteiger partial charge in [-0.25, -0.2) is 4.98 Å². The summed E-state index contributed by atoms with van der Waals surface area (Å²) in [5, 5.41) is 6.08. The third-order valence-corrected chi connectivity index (χ3v) is 4.66. The number of amides is 1. The second-order valence-electron chi connectivity index (χ2n) is 5.77. The number of thiazole rings is 1. The van der Waals surface area contributed by atoms with Crippen LogP contribution in [0.1, 0.15) is 40.8 Å². The third-order valence-electron chi connectivity index (χ3n) is 3.84. The van der Waals surface area contributed by atoms with Crippen LogP contribution in [0.3, 0.4) is 0 Å². The lowest BCUT2D eigenvalue weighted by Crippen LogP contribution is -2.33. The lowest BCUT2D eigenvalue weighted by atomic mass is 10.1. The number of hydrogen-bond donors (Lipinski definition) is 1. The Hall–Kier alpha value is -1.88. The minimum absolute atomic E-state index is 0.0330. The fraction of sp³-hybridized carbons (Fsp3) is 0.412. The quantitative estimate of drug-likeness (QED) is 0.886. The van der Waals surface area contributed by atoms with E-state index in [9.17, 15) is 4.79 Å². The van der Waals surface area contributed by atoms with Crippen LogP contribution in [0.2, 0.25) is 0 Å². The lowest BCUT2D eigenvalue weighted by Gasteiger charge is -2.13. The molecule has 116 valence electrons. The van der Waals surface area contributed by atoms with E-state index in [4.69, 9.17) is 4.74 Å². The van der Waals surface area contributed by atoms with Crippen LogP contribution in [-0.4, -0.2) is 16.9 Å². The fourth-order valence-electron chi connectivity index (χ4n) is 2.36. The predicted molar refractivity (Wildman–Crippen MR) is 87.3 cm³/mol. The summed E-state index contributed by atoms with van der Waals surface area (Å²) in [6.45, 7) is 4.47. The molecule has 1 unspecified atom stereocenters. The molecule has 4 nitrogen and oxygen atoms in total. The molecule has 1 heterocycles. The van der Waals surface area contributed by atoms with Crippen LogP contribution in [0.4, 0.5) is 0 Å². The maximum absolute atomic E-state index is 12.2. The Balaban J connectivity index is 1.60. The number of nitrogens with zero attached hydrogens (tertiary/aromatic N) is 1. The van der Waals surface area contributed by atoms with Crippen LogP contribution in [0.25, 0.3) is 0 Å². The Bertz CT molecular complexity index is 664. The lowest BCUT2D eigenvalue weighted by molar-refractivity contribution is 0.0935. The standard InChI is InChI=1S/C17H20N2O2S/c1-11(13-6-7-13)18-17(20)14-4-3-5-16(8-14)21-9-15-10-22-12(2)19-15/h3-5,8,10-11,13H,6-7,9H2,1-2H3,(H,18,20). The van der Waals surface area contributed by atoms with E-state index in [0.717, 1.165) is 10.7 Å². The van der Waals surface area contributed by atoms with Crippen LogP contribution in [0.5, 0.6) is 5.75 Å². The van der Waals surface area contributed by atoms with Gasteiger partial charge >= 0.3 is 0 Å². The topological polar surface area (TPSA) is 51.2 Å². The van der Waals surface area contributed by atoms with Crippen LogP contribution in [0, 0.1) is 12.8 Å². The van der Waals surface area contributed by atoms with Gasteiger partial charge in [0.1, 0.15) is 12.4 Å². The molecule has 1 fully saturated rings. The van der Waals surface area contributed by atoms with Crippen LogP contribution >= 0.6 is 11.3 Å². The zero-order valence-electron chi connectivity index (χ0n) is 12.8. The van der Waals surface area contributed by atoms with Crippen molar-refractivity contribution in [3.8, 4) is 5.75 Å². The molecule has 1 amide bonds. The van der Waals surface area contributed by atoms with Gasteiger partial charge in [-0.1, -0.05) is 6.07 Å². The second-order valence-corrected chi connectivity index (χ2v) is 6.84. The highest BCUT2D eigenvalue weighted by Crippen LogP contribution is 2.32. The van der Waals surface area contributed by atoms with Crippen molar-refractivity contribution >= 4 is 17.2 Å². The summed E-state index contributed by atoms with van der Waals surface area (Å²) in [5.41, 5.74) is 1.55. The van der Waals surface area contributed by atoms with Crippen molar-refractivity contribution in [1.82, 2.24) is 10.3 Å². The molecule has 1 aliphatic rings. The molecule has 1 atom stereocenters. The van der Waals surface area contributed by atoms with E-state index >= 15 is 0 Å². The highest BCUT2D eigenvalue weighted by molar-refractivity contribution is 7.09. The molecule has 1 aromatic heterocycles. The van der Waals surface area contributed by atoms with Gasteiger partial charge in [-0.3, -0.25) is 4.79 Å². The molecule has 5 heteroatoms. The van der Waals surface area contributed by atoms with Gasteiger partial charge in [0.25, 0.3) is 5.91 Å². The Morgan fingerprint density at radius 1 is 1.50 bits per heavy atom. The van der Waals surface area contributed by atoms with Crippen molar-refractivity contribution in [2.24, 2.45) is 5.92 Å². The van der Waals surface area contributed by atoms with E-state index in [0.29, 0.717) is 23.8 Å². The Morgan fingerprint density at radius 3 is 3.00 bits per heavy atom. The number of benzene rings is 1. The number of carbonyl (C=O) groups excluding carboxylic acids is 1. The first-order chi connectivity index (χ1) is 10.6. The minimum atomic E-state index is -0.0330. The van der Waals surface area contributed by atoms with Crippen molar-refractivity contribution in [3.63, 3.8) is 0 Å². The van der Waals surface area contributed by atoms with Crippen LogP contribution < -0.4 is 10.1 Å². The SMILES string of the molecule is Cc1nc(COc2cccc(C(=O)NC(C)C3CC3)c2)cs1. The van der Waals surface area contributed by atoms with Crippen molar-refractivity contribution < 1.29 is 9.53 Å². The van der Waals surface area contributed by atoms with E-state index in [-0.39, 0.29) is 11.9 Å². The molecule has 1 N–H and O–H groups in total. The van der Waals surface area contributed by atoms with E-state index in [2.05, 4.69) is 17.2 Å². The summed E-state index contributed by atoms with van der Waals surface area (Å²) in [5.74, 6) is 1.31. The van der Waals surface area contributed by atoms with Crippen molar-refractivity contribution in [1.29, 1.82) is 0 Å². The van der Waals surface area contributed by atoms with Crippen LogP contribution in [-0.2, 0) is 6.61 Å². The predicted octanol–water partition coefficient (Wildman–Crippen LogP) is 3.56. The molecule has 0 radical (unpaired) electrons. The summed E-state index contributed by atoms with van der Waals surface area (Å²) in [6.07, 6.45) is 2.44. The van der Waals surface area contributed by atoms with Gasteiger partial charge < -0.3 is 10.1 Å². The van der Waals surface area contributed by atoms with E-state index in [1.54, 1.807) is 17.4 Å². The highest BCUT2D eigenvalue weighted by atomic mass is 32.1. The minimum Gasteiger partial charge on any atom is -0.487 e. The molecule has 0 bridgehead atoms. The smallest absolute Gasteiger partial charge is 0.251 e. The number of carbonyl (C=O) groups is 1. The molecule has 1 saturated carbocycles. The summed E-state index contributed by atoms with van der Waals surface area (Å²) in [4.78, 5) is 16.6. The molecular weight excluding hydrogens is 296 g/mol. The first-order valence-corrected chi connectivity index (χ1v) is 8.44. The van der Waals surface area contributed by atoms with Gasteiger partial charge in [-0.2, -0.15) is 0 Å². The average Bonchev–Trinajstić information content (AvgIpc) is 3.28. The summed E-state index contributed by atoms with van der Waals surface area (Å²) < 4.78 is 5.73. The van der Waals surface area contributed by atoms with Crippen molar-refractivity contribution in [3.05, 3.63) is 45.9 Å². The van der Waals surface area contributed by atoms with Gasteiger partial charge in [0.2, 0.25) is 0 Å². The molecule has 1 aromatic carbocycles. The number of hydrogen-bond acceptors (Lipinski definition) is 4. The van der Waals surface area contributed by atoms with E-state index < -0.39 is 0 Å². The largest absolute Gasteiger partial charge is 0.487 e. The number of aromatic nitrogens is 1. The van der Waals surface area contributed by atoms with E-state index in [1.165, 1.54) is 12.8 Å². The maximum atomic E-state index is 12.2. The monoisotopic (exact) mass is 316 g/mol. The molecule has 22 heavy (non-hydrogen) atoms. The highest BCUT2D eigenvalue weighted by Gasteiger charge is 2.29. The molecule has 2 aromatic rings. The zero-order valence-corrected chi connectivity index (χ0v) is 13.7. The van der Waals surface area contributed by atoms with Crippen molar-refractivity contribution in [2.75, 3.05) is 0 Å². The Labute approximate surface area is 134 Å². The molecular formula is C17H20N2O2S. The molecule has 0 spiro atoms. The van der Waals surface area contributed by atoms with Gasteiger partial charge in [-0.15, -0.1) is 11.3 Å². The van der Waals surface area contributed by atoms with Gasteiger partial charge in [0.15, 0.2) is 0 Å². The van der Waals surface area contributed by atoms with Gasteiger partial charge in [0, 0.05) is 17.0 Å². The first-order valence-electron chi connectivity index (χ1n) is 7.56. The maximum Gasteiger partial charge on any atom is 0.251 e. The number of ether oxygens (including phenoxy) is 1. The van der Waals surface area contributed by atoms with Gasteiger partial charge in [-0.05, 0) is 50.8 Å². The molecule has 1 aliphatic carbocycles. The van der Waals surface area contributed by atoms with E-state index in [1.807, 2.05) is 30.5 Å². The summed E-state index contributed by atoms with van der Waals surface area (Å²) >= 11 is 1.61. The summed E-state index contributed by atoms with van der Waals surface area (Å²) in [6, 6.07) is 7.55. The van der Waals surface area contributed by atoms with Gasteiger partial charge in [0.05, 0.1) is 10.7 Å². The fourth-order valence-corrected chi connectivity index (χ4v) is 2.96. The molecule has 0 aliphatic heterocycles. The number of nitrogens with one attached hydrogen (secondary N) is 1. The summed E-state index contributed by atoms with van der Waals surface area (Å²) in [7, 11) is 0. The Kier molecular flexibility index (Phi) is 4.43. The number of rotatable bonds is 6. The molecule has 0 saturated heterocycles. The molecule has 3 rings (SSSR count). The normalized spacial score (nSPS) is 15.4.